The third-order valence-corrected chi connectivity index (χ3v) is 3.24. The second-order valence-corrected chi connectivity index (χ2v) is 4.86. The molecule has 1 aliphatic rings. The van der Waals surface area contributed by atoms with E-state index in [9.17, 15) is 9.18 Å². The van der Waals surface area contributed by atoms with Crippen molar-refractivity contribution in [2.75, 3.05) is 6.54 Å². The highest BCUT2D eigenvalue weighted by Crippen LogP contribution is 2.28. The average molecular weight is 286 g/mol. The number of halogens is 2. The molecule has 0 unspecified atom stereocenters. The summed E-state index contributed by atoms with van der Waals surface area (Å²) in [7, 11) is 0. The van der Waals surface area contributed by atoms with Gasteiger partial charge in [0.15, 0.2) is 0 Å². The summed E-state index contributed by atoms with van der Waals surface area (Å²) in [4.78, 5) is 13.8. The van der Waals surface area contributed by atoms with E-state index in [-0.39, 0.29) is 11.5 Å². The first-order valence-electron chi connectivity index (χ1n) is 5.39. The van der Waals surface area contributed by atoms with Crippen LogP contribution in [0.4, 0.5) is 4.39 Å². The monoisotopic (exact) mass is 285 g/mol. The zero-order chi connectivity index (χ0) is 11.7. The van der Waals surface area contributed by atoms with Crippen LogP contribution in [0.15, 0.2) is 22.7 Å². The minimum Gasteiger partial charge on any atom is -0.336 e. The molecule has 0 heterocycles. The predicted molar refractivity (Wildman–Crippen MR) is 63.8 cm³/mol. The van der Waals surface area contributed by atoms with Crippen molar-refractivity contribution in [1.82, 2.24) is 4.90 Å². The van der Waals surface area contributed by atoms with Crippen molar-refractivity contribution in [1.29, 1.82) is 0 Å². The van der Waals surface area contributed by atoms with Gasteiger partial charge in [0.05, 0.1) is 5.56 Å². The zero-order valence-electron chi connectivity index (χ0n) is 9.04. The van der Waals surface area contributed by atoms with Gasteiger partial charge in [-0.2, -0.15) is 0 Å². The molecule has 16 heavy (non-hydrogen) atoms. The Morgan fingerprint density at radius 3 is 2.75 bits per heavy atom. The second-order valence-electron chi connectivity index (χ2n) is 3.95. The van der Waals surface area contributed by atoms with Gasteiger partial charge in [-0.05, 0) is 38.0 Å². The third kappa shape index (κ3) is 2.26. The molecule has 0 saturated heterocycles. The van der Waals surface area contributed by atoms with Gasteiger partial charge >= 0.3 is 0 Å². The highest BCUT2D eigenvalue weighted by molar-refractivity contribution is 9.10. The second kappa shape index (κ2) is 4.53. The molecule has 1 aliphatic carbocycles. The molecular weight excluding hydrogens is 273 g/mol. The fraction of sp³-hybridized carbons (Fsp3) is 0.417. The first-order valence-corrected chi connectivity index (χ1v) is 6.18. The van der Waals surface area contributed by atoms with Crippen LogP contribution < -0.4 is 0 Å². The predicted octanol–water partition coefficient (Wildman–Crippen LogP) is 3.21. The first-order chi connectivity index (χ1) is 7.63. The summed E-state index contributed by atoms with van der Waals surface area (Å²) >= 11 is 3.18. The van der Waals surface area contributed by atoms with Gasteiger partial charge in [0.1, 0.15) is 5.82 Å². The van der Waals surface area contributed by atoms with Crippen molar-refractivity contribution in [2.24, 2.45) is 0 Å². The lowest BCUT2D eigenvalue weighted by molar-refractivity contribution is 0.0748. The van der Waals surface area contributed by atoms with Crippen LogP contribution in [0.1, 0.15) is 30.1 Å². The SMILES string of the molecule is CCN(C(=O)c1ccc(Br)cc1F)C1CC1. The lowest BCUT2D eigenvalue weighted by atomic mass is 10.2. The van der Waals surface area contributed by atoms with Gasteiger partial charge in [0.2, 0.25) is 0 Å². The summed E-state index contributed by atoms with van der Waals surface area (Å²) in [5, 5.41) is 0. The fourth-order valence-corrected chi connectivity index (χ4v) is 2.10. The molecule has 1 fully saturated rings. The van der Waals surface area contributed by atoms with Crippen molar-refractivity contribution in [3.05, 3.63) is 34.1 Å². The maximum absolute atomic E-state index is 13.6. The molecule has 2 nitrogen and oxygen atoms in total. The summed E-state index contributed by atoms with van der Waals surface area (Å²) in [6.45, 7) is 2.56. The van der Waals surface area contributed by atoms with Crippen molar-refractivity contribution >= 4 is 21.8 Å². The first kappa shape index (κ1) is 11.6. The highest BCUT2D eigenvalue weighted by atomic mass is 79.9. The molecular formula is C12H13BrFNO. The smallest absolute Gasteiger partial charge is 0.257 e. The summed E-state index contributed by atoms with van der Waals surface area (Å²) in [5.74, 6) is -0.659. The molecule has 0 aliphatic heterocycles. The molecule has 1 saturated carbocycles. The van der Waals surface area contributed by atoms with Gasteiger partial charge in [0, 0.05) is 17.1 Å². The van der Waals surface area contributed by atoms with Crippen molar-refractivity contribution in [3.63, 3.8) is 0 Å². The lowest BCUT2D eigenvalue weighted by Crippen LogP contribution is -2.33. The molecule has 86 valence electrons. The Hall–Kier alpha value is -0.900. The molecule has 1 aromatic rings. The summed E-state index contributed by atoms with van der Waals surface area (Å²) in [6.07, 6.45) is 2.08. The van der Waals surface area contributed by atoms with Crippen LogP contribution in [0.3, 0.4) is 0 Å². The Morgan fingerprint density at radius 1 is 1.56 bits per heavy atom. The van der Waals surface area contributed by atoms with E-state index >= 15 is 0 Å². The Morgan fingerprint density at radius 2 is 2.25 bits per heavy atom. The van der Waals surface area contributed by atoms with E-state index in [1.165, 1.54) is 12.1 Å². The molecule has 1 amide bonds. The molecule has 0 aromatic heterocycles. The minimum atomic E-state index is -0.460. The maximum Gasteiger partial charge on any atom is 0.257 e. The standard InChI is InChI=1S/C12H13BrFNO/c1-2-15(9-4-5-9)12(16)10-6-3-8(13)7-11(10)14/h3,6-7,9H,2,4-5H2,1H3. The molecule has 0 spiro atoms. The van der Waals surface area contributed by atoms with Crippen molar-refractivity contribution < 1.29 is 9.18 Å². The number of nitrogens with zero attached hydrogens (tertiary/aromatic N) is 1. The van der Waals surface area contributed by atoms with E-state index in [4.69, 9.17) is 0 Å². The fourth-order valence-electron chi connectivity index (χ4n) is 1.77. The van der Waals surface area contributed by atoms with E-state index in [1.54, 1.807) is 11.0 Å². The number of amides is 1. The quantitative estimate of drug-likeness (QED) is 0.835. The van der Waals surface area contributed by atoms with Crippen LogP contribution >= 0.6 is 15.9 Å². The van der Waals surface area contributed by atoms with E-state index in [0.717, 1.165) is 12.8 Å². The van der Waals surface area contributed by atoms with Gasteiger partial charge in [-0.15, -0.1) is 0 Å². The zero-order valence-corrected chi connectivity index (χ0v) is 10.6. The van der Waals surface area contributed by atoms with Crippen molar-refractivity contribution in [2.45, 2.75) is 25.8 Å². The number of hydrogen-bond acceptors (Lipinski definition) is 1. The molecule has 0 N–H and O–H groups in total. The van der Waals surface area contributed by atoms with Crippen LogP contribution in [0.2, 0.25) is 0 Å². The number of benzene rings is 1. The molecule has 2 rings (SSSR count). The Labute approximate surface area is 103 Å². The number of hydrogen-bond donors (Lipinski definition) is 0. The minimum absolute atomic E-state index is 0.164. The third-order valence-electron chi connectivity index (χ3n) is 2.75. The number of rotatable bonds is 3. The van der Waals surface area contributed by atoms with Crippen molar-refractivity contribution in [3.8, 4) is 0 Å². The van der Waals surface area contributed by atoms with E-state index in [0.29, 0.717) is 17.1 Å². The van der Waals surface area contributed by atoms with E-state index < -0.39 is 5.82 Å². The van der Waals surface area contributed by atoms with Gasteiger partial charge in [0.25, 0.3) is 5.91 Å². The van der Waals surface area contributed by atoms with Crippen LogP contribution in [0.5, 0.6) is 0 Å². The van der Waals surface area contributed by atoms with Crippen LogP contribution in [0.25, 0.3) is 0 Å². The Kier molecular flexibility index (Phi) is 3.28. The lowest BCUT2D eigenvalue weighted by Gasteiger charge is -2.20. The van der Waals surface area contributed by atoms with Gasteiger partial charge in [-0.1, -0.05) is 15.9 Å². The molecule has 0 radical (unpaired) electrons. The Bertz CT molecular complexity index is 417. The summed E-state index contributed by atoms with van der Waals surface area (Å²) < 4.78 is 14.3. The highest BCUT2D eigenvalue weighted by Gasteiger charge is 2.32. The molecule has 0 atom stereocenters. The van der Waals surface area contributed by atoms with Gasteiger partial charge < -0.3 is 4.90 Å². The van der Waals surface area contributed by atoms with Crippen LogP contribution in [0, 0.1) is 5.82 Å². The average Bonchev–Trinajstić information content (AvgIpc) is 3.02. The van der Waals surface area contributed by atoms with Gasteiger partial charge in [-0.3, -0.25) is 4.79 Å². The van der Waals surface area contributed by atoms with Crippen LogP contribution in [-0.2, 0) is 0 Å². The number of carbonyl (C=O) groups excluding carboxylic acids is 1. The van der Waals surface area contributed by atoms with Crippen LogP contribution in [-0.4, -0.2) is 23.4 Å². The number of carbonyl (C=O) groups is 1. The summed E-state index contributed by atoms with van der Waals surface area (Å²) in [5.41, 5.74) is 0.164. The summed E-state index contributed by atoms with van der Waals surface area (Å²) in [6, 6.07) is 4.87. The normalized spacial score (nSPS) is 14.9. The molecule has 0 bridgehead atoms. The van der Waals surface area contributed by atoms with E-state index in [2.05, 4.69) is 15.9 Å². The maximum atomic E-state index is 13.6. The van der Waals surface area contributed by atoms with E-state index in [1.807, 2.05) is 6.92 Å². The topological polar surface area (TPSA) is 20.3 Å². The molecule has 1 aromatic carbocycles. The van der Waals surface area contributed by atoms with Gasteiger partial charge in [-0.25, -0.2) is 4.39 Å². The Balaban J connectivity index is 2.25. The molecule has 4 heteroatoms. The largest absolute Gasteiger partial charge is 0.336 e.